The van der Waals surface area contributed by atoms with E-state index in [0.29, 0.717) is 12.6 Å². The Hall–Kier alpha value is -0.510. The fourth-order valence-electron chi connectivity index (χ4n) is 1.69. The highest BCUT2D eigenvalue weighted by atomic mass is 32.2. The minimum Gasteiger partial charge on any atom is -0.396 e. The lowest BCUT2D eigenvalue weighted by Gasteiger charge is -2.18. The molecular weight excluding hydrogens is 230 g/mol. The van der Waals surface area contributed by atoms with E-state index < -0.39 is 0 Å². The average Bonchev–Trinajstić information content (AvgIpc) is 2.34. The second-order valence-corrected chi connectivity index (χ2v) is 5.32. The van der Waals surface area contributed by atoms with Gasteiger partial charge < -0.3 is 10.4 Å². The molecule has 0 aliphatic rings. The predicted octanol–water partition coefficient (Wildman–Crippen LogP) is 2.76. The number of nitrogens with one attached hydrogen (secondary N) is 1. The standard InChI is InChI=1S/C14H23NOS/c1-3-15-14(11-17-10-4-9-16)13-7-5-12(2)6-8-13/h5-8,14-16H,3-4,9-11H2,1-2H3. The lowest BCUT2D eigenvalue weighted by molar-refractivity contribution is 0.296. The van der Waals surface area contributed by atoms with Crippen molar-refractivity contribution in [1.82, 2.24) is 5.32 Å². The third-order valence-corrected chi connectivity index (χ3v) is 3.81. The highest BCUT2D eigenvalue weighted by Gasteiger charge is 2.09. The molecule has 2 nitrogen and oxygen atoms in total. The molecule has 1 rings (SSSR count). The Morgan fingerprint density at radius 3 is 2.59 bits per heavy atom. The molecule has 1 atom stereocenters. The van der Waals surface area contributed by atoms with Gasteiger partial charge in [0.1, 0.15) is 0 Å². The van der Waals surface area contributed by atoms with E-state index in [1.54, 1.807) is 0 Å². The number of rotatable bonds is 8. The molecule has 0 amide bonds. The van der Waals surface area contributed by atoms with Gasteiger partial charge >= 0.3 is 0 Å². The Bertz CT molecular complexity index is 300. The van der Waals surface area contributed by atoms with Crippen LogP contribution in [0.1, 0.15) is 30.5 Å². The molecule has 0 aliphatic carbocycles. The first kappa shape index (κ1) is 14.6. The molecule has 2 N–H and O–H groups in total. The normalized spacial score (nSPS) is 12.6. The molecule has 1 unspecified atom stereocenters. The molecule has 17 heavy (non-hydrogen) atoms. The van der Waals surface area contributed by atoms with Crippen LogP contribution in [0.25, 0.3) is 0 Å². The molecule has 1 aromatic carbocycles. The van der Waals surface area contributed by atoms with E-state index in [4.69, 9.17) is 5.11 Å². The van der Waals surface area contributed by atoms with E-state index in [2.05, 4.69) is 43.4 Å². The van der Waals surface area contributed by atoms with Crippen LogP contribution in [0.2, 0.25) is 0 Å². The van der Waals surface area contributed by atoms with E-state index >= 15 is 0 Å². The van der Waals surface area contributed by atoms with Crippen LogP contribution in [0, 0.1) is 6.92 Å². The molecule has 0 spiro atoms. The molecule has 1 aromatic rings. The number of aliphatic hydroxyl groups is 1. The molecule has 3 heteroatoms. The molecule has 0 saturated heterocycles. The van der Waals surface area contributed by atoms with Gasteiger partial charge in [-0.15, -0.1) is 0 Å². The first-order valence-corrected chi connectivity index (χ1v) is 7.42. The van der Waals surface area contributed by atoms with Gasteiger partial charge in [0, 0.05) is 18.4 Å². The van der Waals surface area contributed by atoms with Crippen LogP contribution in [0.5, 0.6) is 0 Å². The second kappa shape index (κ2) is 8.56. The smallest absolute Gasteiger partial charge is 0.0438 e. The number of hydrogen-bond donors (Lipinski definition) is 2. The van der Waals surface area contributed by atoms with Crippen LogP contribution in [0.3, 0.4) is 0 Å². The van der Waals surface area contributed by atoms with Gasteiger partial charge in [-0.3, -0.25) is 0 Å². The van der Waals surface area contributed by atoms with E-state index in [0.717, 1.165) is 24.5 Å². The average molecular weight is 253 g/mol. The van der Waals surface area contributed by atoms with Gasteiger partial charge in [-0.2, -0.15) is 11.8 Å². The van der Waals surface area contributed by atoms with Crippen molar-refractivity contribution in [3.8, 4) is 0 Å². The van der Waals surface area contributed by atoms with Crippen LogP contribution < -0.4 is 5.32 Å². The summed E-state index contributed by atoms with van der Waals surface area (Å²) in [5.74, 6) is 2.10. The highest BCUT2D eigenvalue weighted by Crippen LogP contribution is 2.19. The quantitative estimate of drug-likeness (QED) is 0.699. The minimum atomic E-state index is 0.295. The third-order valence-electron chi connectivity index (χ3n) is 2.66. The van der Waals surface area contributed by atoms with Gasteiger partial charge in [0.15, 0.2) is 0 Å². The maximum Gasteiger partial charge on any atom is 0.0438 e. The minimum absolute atomic E-state index is 0.295. The molecule has 0 bridgehead atoms. The first-order valence-electron chi connectivity index (χ1n) is 6.26. The molecule has 0 aromatic heterocycles. The molecular formula is C14H23NOS. The van der Waals surface area contributed by atoms with Crippen molar-refractivity contribution in [1.29, 1.82) is 0 Å². The zero-order chi connectivity index (χ0) is 12.5. The van der Waals surface area contributed by atoms with Gasteiger partial charge in [-0.1, -0.05) is 36.8 Å². The highest BCUT2D eigenvalue weighted by molar-refractivity contribution is 7.99. The predicted molar refractivity (Wildman–Crippen MR) is 76.6 cm³/mol. The Labute approximate surface area is 109 Å². The number of aryl methyl sites for hydroxylation is 1. The Balaban J connectivity index is 2.49. The van der Waals surface area contributed by atoms with Crippen LogP contribution in [-0.2, 0) is 0 Å². The number of benzene rings is 1. The largest absolute Gasteiger partial charge is 0.396 e. The summed E-state index contributed by atoms with van der Waals surface area (Å²) in [4.78, 5) is 0. The third kappa shape index (κ3) is 5.57. The van der Waals surface area contributed by atoms with Crippen molar-refractivity contribution in [2.24, 2.45) is 0 Å². The van der Waals surface area contributed by atoms with Gasteiger partial charge in [-0.05, 0) is 31.2 Å². The van der Waals surface area contributed by atoms with Crippen LogP contribution in [0.15, 0.2) is 24.3 Å². The number of hydrogen-bond acceptors (Lipinski definition) is 3. The maximum atomic E-state index is 8.75. The van der Waals surface area contributed by atoms with Crippen molar-refractivity contribution in [2.75, 3.05) is 24.7 Å². The van der Waals surface area contributed by atoms with Crippen molar-refractivity contribution in [3.05, 3.63) is 35.4 Å². The maximum absolute atomic E-state index is 8.75. The van der Waals surface area contributed by atoms with Crippen LogP contribution >= 0.6 is 11.8 Å². The summed E-state index contributed by atoms with van der Waals surface area (Å²) in [7, 11) is 0. The summed E-state index contributed by atoms with van der Waals surface area (Å²) >= 11 is 1.90. The zero-order valence-electron chi connectivity index (χ0n) is 10.8. The summed E-state index contributed by atoms with van der Waals surface area (Å²) in [6.45, 7) is 5.53. The molecule has 0 fully saturated rings. The van der Waals surface area contributed by atoms with E-state index in [1.807, 2.05) is 11.8 Å². The summed E-state index contributed by atoms with van der Waals surface area (Å²) in [6, 6.07) is 9.16. The van der Waals surface area contributed by atoms with Crippen molar-refractivity contribution in [2.45, 2.75) is 26.3 Å². The molecule has 0 radical (unpaired) electrons. The Morgan fingerprint density at radius 2 is 2.00 bits per heavy atom. The summed E-state index contributed by atoms with van der Waals surface area (Å²) in [6.07, 6.45) is 0.886. The van der Waals surface area contributed by atoms with Gasteiger partial charge in [-0.25, -0.2) is 0 Å². The van der Waals surface area contributed by atoms with Crippen LogP contribution in [-0.4, -0.2) is 29.8 Å². The second-order valence-electron chi connectivity index (χ2n) is 4.17. The topological polar surface area (TPSA) is 32.3 Å². The number of thioether (sulfide) groups is 1. The fourth-order valence-corrected chi connectivity index (χ4v) is 2.73. The number of aliphatic hydroxyl groups excluding tert-OH is 1. The van der Waals surface area contributed by atoms with Gasteiger partial charge in [0.25, 0.3) is 0 Å². The summed E-state index contributed by atoms with van der Waals surface area (Å²) in [5, 5.41) is 12.3. The van der Waals surface area contributed by atoms with E-state index in [1.165, 1.54) is 11.1 Å². The van der Waals surface area contributed by atoms with E-state index in [9.17, 15) is 0 Å². The van der Waals surface area contributed by atoms with Crippen molar-refractivity contribution in [3.63, 3.8) is 0 Å². The van der Waals surface area contributed by atoms with Gasteiger partial charge in [0.2, 0.25) is 0 Å². The monoisotopic (exact) mass is 253 g/mol. The molecule has 0 heterocycles. The van der Waals surface area contributed by atoms with E-state index in [-0.39, 0.29) is 0 Å². The fraction of sp³-hybridized carbons (Fsp3) is 0.571. The van der Waals surface area contributed by atoms with Crippen molar-refractivity contribution < 1.29 is 5.11 Å². The summed E-state index contributed by atoms with van der Waals surface area (Å²) < 4.78 is 0. The lowest BCUT2D eigenvalue weighted by atomic mass is 10.1. The van der Waals surface area contributed by atoms with Gasteiger partial charge in [0.05, 0.1) is 0 Å². The first-order chi connectivity index (χ1) is 8.27. The van der Waals surface area contributed by atoms with Crippen molar-refractivity contribution >= 4 is 11.8 Å². The van der Waals surface area contributed by atoms with Crippen LogP contribution in [0.4, 0.5) is 0 Å². The lowest BCUT2D eigenvalue weighted by Crippen LogP contribution is -2.23. The molecule has 96 valence electrons. The SMILES string of the molecule is CCNC(CSCCCO)c1ccc(C)cc1. The Kier molecular flexibility index (Phi) is 7.33. The Morgan fingerprint density at radius 1 is 1.29 bits per heavy atom. The molecule has 0 aliphatic heterocycles. The zero-order valence-corrected chi connectivity index (χ0v) is 11.6. The summed E-state index contributed by atoms with van der Waals surface area (Å²) in [5.41, 5.74) is 2.66. The molecule has 0 saturated carbocycles.